The fourth-order valence-corrected chi connectivity index (χ4v) is 2.00. The highest BCUT2D eigenvalue weighted by atomic mass is 16.6. The van der Waals surface area contributed by atoms with Crippen molar-refractivity contribution in [2.75, 3.05) is 13.2 Å². The average molecular weight is 279 g/mol. The van der Waals surface area contributed by atoms with Crippen LogP contribution in [0, 0.1) is 16.0 Å². The molecule has 0 amide bonds. The van der Waals surface area contributed by atoms with Crippen molar-refractivity contribution in [1.82, 2.24) is 0 Å². The molecule has 0 N–H and O–H groups in total. The Labute approximate surface area is 116 Å². The predicted octanol–water partition coefficient (Wildman–Crippen LogP) is 2.98. The molecule has 0 unspecified atom stereocenters. The third-order valence-corrected chi connectivity index (χ3v) is 3.07. The van der Waals surface area contributed by atoms with E-state index in [4.69, 9.17) is 9.47 Å². The second-order valence-electron chi connectivity index (χ2n) is 4.58. The molecule has 20 heavy (non-hydrogen) atoms. The summed E-state index contributed by atoms with van der Waals surface area (Å²) in [6.07, 6.45) is 1.68. The first-order chi connectivity index (χ1) is 9.58. The molecule has 0 atom stereocenters. The lowest BCUT2D eigenvalue weighted by Gasteiger charge is -2.12. The number of benzene rings is 1. The van der Waals surface area contributed by atoms with Gasteiger partial charge in [-0.05, 0) is 26.7 Å². The molecule has 0 aliphatic heterocycles. The Kier molecular flexibility index (Phi) is 4.22. The summed E-state index contributed by atoms with van der Waals surface area (Å²) in [7, 11) is 0. The zero-order valence-electron chi connectivity index (χ0n) is 11.5. The molecule has 6 heteroatoms. The van der Waals surface area contributed by atoms with Gasteiger partial charge in [0.1, 0.15) is 5.75 Å². The van der Waals surface area contributed by atoms with E-state index in [2.05, 4.69) is 0 Å². The van der Waals surface area contributed by atoms with E-state index < -0.39 is 4.92 Å². The van der Waals surface area contributed by atoms with E-state index in [1.807, 2.05) is 0 Å². The van der Waals surface area contributed by atoms with Gasteiger partial charge in [-0.3, -0.25) is 14.9 Å². The van der Waals surface area contributed by atoms with E-state index in [1.165, 1.54) is 12.1 Å². The van der Waals surface area contributed by atoms with Gasteiger partial charge < -0.3 is 9.47 Å². The Morgan fingerprint density at radius 3 is 2.35 bits per heavy atom. The van der Waals surface area contributed by atoms with Gasteiger partial charge in [0.2, 0.25) is 5.75 Å². The van der Waals surface area contributed by atoms with Gasteiger partial charge in [0.15, 0.2) is 5.78 Å². The molecule has 108 valence electrons. The summed E-state index contributed by atoms with van der Waals surface area (Å²) < 4.78 is 10.7. The maximum atomic E-state index is 12.2. The molecule has 1 saturated carbocycles. The standard InChI is InChI=1S/C14H17NO5/c1-3-19-12-8-13(20-4-2)11(15(17)18)7-10(12)14(16)9-5-6-9/h7-9H,3-6H2,1-2H3. The van der Waals surface area contributed by atoms with Crippen molar-refractivity contribution in [2.24, 2.45) is 5.92 Å². The number of hydrogen-bond acceptors (Lipinski definition) is 5. The van der Waals surface area contributed by atoms with Gasteiger partial charge in [0.05, 0.1) is 23.7 Å². The molecular weight excluding hydrogens is 262 g/mol. The number of rotatable bonds is 7. The molecule has 0 heterocycles. The third-order valence-electron chi connectivity index (χ3n) is 3.07. The molecule has 2 rings (SSSR count). The van der Waals surface area contributed by atoms with Crippen LogP contribution in [-0.2, 0) is 0 Å². The number of carbonyl (C=O) groups excluding carboxylic acids is 1. The monoisotopic (exact) mass is 279 g/mol. The molecule has 0 saturated heterocycles. The molecule has 1 aliphatic carbocycles. The van der Waals surface area contributed by atoms with Crippen LogP contribution >= 0.6 is 0 Å². The molecule has 0 aromatic heterocycles. The normalized spacial score (nSPS) is 13.9. The van der Waals surface area contributed by atoms with Gasteiger partial charge in [-0.15, -0.1) is 0 Å². The molecule has 1 aliphatic rings. The fraction of sp³-hybridized carbons (Fsp3) is 0.500. The summed E-state index contributed by atoms with van der Waals surface area (Å²) in [6.45, 7) is 4.23. The van der Waals surface area contributed by atoms with E-state index in [1.54, 1.807) is 13.8 Å². The van der Waals surface area contributed by atoms with E-state index in [0.29, 0.717) is 19.0 Å². The second-order valence-corrected chi connectivity index (χ2v) is 4.58. The lowest BCUT2D eigenvalue weighted by atomic mass is 10.0. The highest BCUT2D eigenvalue weighted by Crippen LogP contribution is 2.40. The lowest BCUT2D eigenvalue weighted by Crippen LogP contribution is -2.08. The van der Waals surface area contributed by atoms with Crippen LogP contribution in [0.25, 0.3) is 0 Å². The van der Waals surface area contributed by atoms with Crippen molar-refractivity contribution in [2.45, 2.75) is 26.7 Å². The van der Waals surface area contributed by atoms with Crippen LogP contribution in [0.3, 0.4) is 0 Å². The number of nitro benzene ring substituents is 1. The van der Waals surface area contributed by atoms with Crippen LogP contribution in [0.15, 0.2) is 12.1 Å². The number of Topliss-reactive ketones (excluding diaryl/α,β-unsaturated/α-hetero) is 1. The fourth-order valence-electron chi connectivity index (χ4n) is 2.00. The number of nitro groups is 1. The summed E-state index contributed by atoms with van der Waals surface area (Å²) in [5.74, 6) is 0.387. The minimum Gasteiger partial charge on any atom is -0.493 e. The van der Waals surface area contributed by atoms with Crippen molar-refractivity contribution >= 4 is 11.5 Å². The van der Waals surface area contributed by atoms with E-state index >= 15 is 0 Å². The maximum absolute atomic E-state index is 12.2. The summed E-state index contributed by atoms with van der Waals surface area (Å²) in [5.41, 5.74) is 0.0869. The quantitative estimate of drug-likeness (QED) is 0.435. The SMILES string of the molecule is CCOc1cc(OCC)c([N+](=O)[O-])cc1C(=O)C1CC1. The third kappa shape index (κ3) is 2.89. The summed E-state index contributed by atoms with van der Waals surface area (Å²) in [5, 5.41) is 11.1. The average Bonchev–Trinajstić information content (AvgIpc) is 3.23. The van der Waals surface area contributed by atoms with E-state index in [9.17, 15) is 14.9 Å². The molecule has 0 spiro atoms. The Balaban J connectivity index is 2.49. The zero-order valence-corrected chi connectivity index (χ0v) is 11.5. The van der Waals surface area contributed by atoms with Crippen molar-refractivity contribution in [3.63, 3.8) is 0 Å². The second kappa shape index (κ2) is 5.90. The van der Waals surface area contributed by atoms with Crippen molar-refractivity contribution in [1.29, 1.82) is 0 Å². The van der Waals surface area contributed by atoms with Gasteiger partial charge in [-0.2, -0.15) is 0 Å². The highest BCUT2D eigenvalue weighted by Gasteiger charge is 2.34. The van der Waals surface area contributed by atoms with Crippen LogP contribution < -0.4 is 9.47 Å². The van der Waals surface area contributed by atoms with Gasteiger partial charge in [-0.1, -0.05) is 0 Å². The predicted molar refractivity (Wildman–Crippen MR) is 72.5 cm³/mol. The minimum absolute atomic E-state index is 0.0215. The smallest absolute Gasteiger partial charge is 0.311 e. The van der Waals surface area contributed by atoms with Gasteiger partial charge in [0.25, 0.3) is 0 Å². The van der Waals surface area contributed by atoms with Crippen LogP contribution in [0.1, 0.15) is 37.0 Å². The van der Waals surface area contributed by atoms with Gasteiger partial charge in [0, 0.05) is 18.1 Å². The number of ether oxygens (including phenoxy) is 2. The molecule has 6 nitrogen and oxygen atoms in total. The maximum Gasteiger partial charge on any atom is 0.311 e. The first kappa shape index (κ1) is 14.3. The van der Waals surface area contributed by atoms with Crippen LogP contribution in [0.4, 0.5) is 5.69 Å². The summed E-state index contributed by atoms with van der Waals surface area (Å²) >= 11 is 0. The van der Waals surface area contributed by atoms with Crippen LogP contribution in [0.5, 0.6) is 11.5 Å². The summed E-state index contributed by atoms with van der Waals surface area (Å²) in [6, 6.07) is 2.72. The molecule has 1 aromatic carbocycles. The Morgan fingerprint density at radius 1 is 1.25 bits per heavy atom. The Bertz CT molecular complexity index is 537. The largest absolute Gasteiger partial charge is 0.493 e. The van der Waals surface area contributed by atoms with Crippen LogP contribution in [0.2, 0.25) is 0 Å². The number of hydrogen-bond donors (Lipinski definition) is 0. The molecular formula is C14H17NO5. The number of carbonyl (C=O) groups is 1. The van der Waals surface area contributed by atoms with Crippen molar-refractivity contribution in [3.8, 4) is 11.5 Å². The van der Waals surface area contributed by atoms with Gasteiger partial charge >= 0.3 is 5.69 Å². The number of ketones is 1. The Morgan fingerprint density at radius 2 is 1.85 bits per heavy atom. The van der Waals surface area contributed by atoms with Crippen molar-refractivity contribution in [3.05, 3.63) is 27.8 Å². The van der Waals surface area contributed by atoms with Gasteiger partial charge in [-0.25, -0.2) is 0 Å². The molecule has 1 fully saturated rings. The first-order valence-electron chi connectivity index (χ1n) is 6.70. The van der Waals surface area contributed by atoms with E-state index in [-0.39, 0.29) is 28.7 Å². The highest BCUT2D eigenvalue weighted by molar-refractivity contribution is 6.02. The molecule has 0 bridgehead atoms. The topological polar surface area (TPSA) is 78.7 Å². The Hall–Kier alpha value is -2.11. The summed E-state index contributed by atoms with van der Waals surface area (Å²) in [4.78, 5) is 22.8. The van der Waals surface area contributed by atoms with Crippen LogP contribution in [-0.4, -0.2) is 23.9 Å². The van der Waals surface area contributed by atoms with Crippen molar-refractivity contribution < 1.29 is 19.2 Å². The lowest BCUT2D eigenvalue weighted by molar-refractivity contribution is -0.385. The zero-order chi connectivity index (χ0) is 14.7. The molecule has 1 aromatic rings. The number of nitrogens with zero attached hydrogens (tertiary/aromatic N) is 1. The minimum atomic E-state index is -0.537. The first-order valence-corrected chi connectivity index (χ1v) is 6.70. The van der Waals surface area contributed by atoms with E-state index in [0.717, 1.165) is 12.8 Å². The molecule has 0 radical (unpaired) electrons.